The van der Waals surface area contributed by atoms with Crippen molar-refractivity contribution in [1.29, 1.82) is 0 Å². The van der Waals surface area contributed by atoms with E-state index in [2.05, 4.69) is 51.3 Å². The number of aryl methyl sites for hydroxylation is 1. The number of hydrogen-bond donors (Lipinski definition) is 1. The molecule has 1 heterocycles. The molecule has 1 aliphatic rings. The first-order chi connectivity index (χ1) is 8.75. The van der Waals surface area contributed by atoms with Gasteiger partial charge in [-0.1, -0.05) is 28.1 Å². The van der Waals surface area contributed by atoms with E-state index in [0.717, 1.165) is 13.1 Å². The molecule has 0 radical (unpaired) electrons. The molecule has 1 aromatic carbocycles. The van der Waals surface area contributed by atoms with Crippen molar-refractivity contribution in [2.75, 3.05) is 26.2 Å². The molecule has 100 valence electrons. The molecule has 0 bridgehead atoms. The second kappa shape index (κ2) is 7.27. The number of rotatable bonds is 6. The van der Waals surface area contributed by atoms with E-state index < -0.39 is 0 Å². The van der Waals surface area contributed by atoms with E-state index in [-0.39, 0.29) is 0 Å². The highest BCUT2D eigenvalue weighted by Crippen LogP contribution is 2.17. The zero-order valence-corrected chi connectivity index (χ0v) is 12.8. The number of likely N-dealkylation sites (tertiary alicyclic amines) is 1. The van der Waals surface area contributed by atoms with Gasteiger partial charge in [0.2, 0.25) is 0 Å². The highest BCUT2D eigenvalue weighted by molar-refractivity contribution is 9.10. The first-order valence-corrected chi connectivity index (χ1v) is 7.73. The molecule has 1 N–H and O–H groups in total. The molecule has 2 rings (SSSR count). The Balaban J connectivity index is 1.61. The van der Waals surface area contributed by atoms with Gasteiger partial charge in [0.25, 0.3) is 0 Å². The predicted octanol–water partition coefficient (Wildman–Crippen LogP) is 3.33. The van der Waals surface area contributed by atoms with E-state index >= 15 is 0 Å². The van der Waals surface area contributed by atoms with E-state index in [4.69, 9.17) is 0 Å². The van der Waals surface area contributed by atoms with Gasteiger partial charge in [-0.05, 0) is 69.6 Å². The summed E-state index contributed by atoms with van der Waals surface area (Å²) in [5, 5.41) is 3.52. The van der Waals surface area contributed by atoms with Crippen molar-refractivity contribution in [3.05, 3.63) is 33.8 Å². The summed E-state index contributed by atoms with van der Waals surface area (Å²) in [6, 6.07) is 6.59. The van der Waals surface area contributed by atoms with Crippen molar-refractivity contribution in [3.8, 4) is 0 Å². The minimum atomic E-state index is 0.971. The molecular weight excluding hydrogens is 288 g/mol. The number of benzene rings is 1. The largest absolute Gasteiger partial charge is 0.313 e. The highest BCUT2D eigenvalue weighted by atomic mass is 79.9. The topological polar surface area (TPSA) is 15.3 Å². The molecule has 0 amide bonds. The Labute approximate surface area is 119 Å². The Morgan fingerprint density at radius 2 is 2.06 bits per heavy atom. The summed E-state index contributed by atoms with van der Waals surface area (Å²) in [7, 11) is 0. The molecule has 1 fully saturated rings. The van der Waals surface area contributed by atoms with Crippen LogP contribution in [0.5, 0.6) is 0 Å². The Hall–Kier alpha value is -0.380. The van der Waals surface area contributed by atoms with Gasteiger partial charge < -0.3 is 10.2 Å². The summed E-state index contributed by atoms with van der Waals surface area (Å²) in [5.41, 5.74) is 2.65. The summed E-state index contributed by atoms with van der Waals surface area (Å²) >= 11 is 3.58. The van der Waals surface area contributed by atoms with Crippen LogP contribution in [0.25, 0.3) is 0 Å². The van der Waals surface area contributed by atoms with Crippen molar-refractivity contribution < 1.29 is 0 Å². The molecule has 3 heteroatoms. The highest BCUT2D eigenvalue weighted by Gasteiger charge is 2.09. The van der Waals surface area contributed by atoms with E-state index in [1.54, 1.807) is 0 Å². The van der Waals surface area contributed by atoms with E-state index in [1.807, 2.05) is 0 Å². The van der Waals surface area contributed by atoms with Crippen LogP contribution in [0.3, 0.4) is 0 Å². The standard InChI is InChI=1S/C15H23BrN2/c1-13-5-6-14(11-15(13)16)12-17-7-4-10-18-8-2-3-9-18/h5-6,11,17H,2-4,7-10,12H2,1H3. The minimum absolute atomic E-state index is 0.971. The Bertz CT molecular complexity index is 373. The second-order valence-electron chi connectivity index (χ2n) is 5.16. The molecule has 0 saturated carbocycles. The quantitative estimate of drug-likeness (QED) is 0.811. The first-order valence-electron chi connectivity index (χ1n) is 6.94. The zero-order valence-electron chi connectivity index (χ0n) is 11.2. The third kappa shape index (κ3) is 4.38. The third-order valence-corrected chi connectivity index (χ3v) is 4.45. The molecule has 2 nitrogen and oxygen atoms in total. The van der Waals surface area contributed by atoms with E-state index in [0.29, 0.717) is 0 Å². The summed E-state index contributed by atoms with van der Waals surface area (Å²) in [6.07, 6.45) is 4.04. The van der Waals surface area contributed by atoms with Gasteiger partial charge in [0.1, 0.15) is 0 Å². The molecule has 1 aromatic rings. The maximum absolute atomic E-state index is 3.58. The summed E-state index contributed by atoms with van der Waals surface area (Å²) in [6.45, 7) is 8.08. The number of nitrogens with one attached hydrogen (secondary N) is 1. The molecule has 18 heavy (non-hydrogen) atoms. The Morgan fingerprint density at radius 3 is 2.78 bits per heavy atom. The van der Waals surface area contributed by atoms with Crippen LogP contribution in [0, 0.1) is 6.92 Å². The first kappa shape index (κ1) is 14.0. The molecule has 0 spiro atoms. The van der Waals surface area contributed by atoms with Crippen molar-refractivity contribution in [2.24, 2.45) is 0 Å². The Kier molecular flexibility index (Phi) is 5.67. The second-order valence-corrected chi connectivity index (χ2v) is 6.02. The van der Waals surface area contributed by atoms with Gasteiger partial charge in [0.15, 0.2) is 0 Å². The van der Waals surface area contributed by atoms with Crippen LogP contribution >= 0.6 is 15.9 Å². The number of nitrogens with zero attached hydrogens (tertiary/aromatic N) is 1. The van der Waals surface area contributed by atoms with E-state index in [1.165, 1.54) is 54.5 Å². The zero-order chi connectivity index (χ0) is 12.8. The van der Waals surface area contributed by atoms with Gasteiger partial charge in [0, 0.05) is 11.0 Å². The molecule has 0 unspecified atom stereocenters. The van der Waals surface area contributed by atoms with Crippen LogP contribution < -0.4 is 5.32 Å². The predicted molar refractivity (Wildman–Crippen MR) is 80.9 cm³/mol. The monoisotopic (exact) mass is 310 g/mol. The van der Waals surface area contributed by atoms with Crippen LogP contribution in [0.2, 0.25) is 0 Å². The molecule has 0 aromatic heterocycles. The minimum Gasteiger partial charge on any atom is -0.313 e. The maximum atomic E-state index is 3.58. The summed E-state index contributed by atoms with van der Waals surface area (Å²) in [5.74, 6) is 0. The van der Waals surface area contributed by atoms with Gasteiger partial charge in [-0.15, -0.1) is 0 Å². The van der Waals surface area contributed by atoms with Gasteiger partial charge in [-0.3, -0.25) is 0 Å². The Morgan fingerprint density at radius 1 is 1.28 bits per heavy atom. The van der Waals surface area contributed by atoms with Crippen molar-refractivity contribution in [2.45, 2.75) is 32.7 Å². The lowest BCUT2D eigenvalue weighted by Crippen LogP contribution is -2.24. The lowest BCUT2D eigenvalue weighted by Gasteiger charge is -2.14. The van der Waals surface area contributed by atoms with E-state index in [9.17, 15) is 0 Å². The molecule has 0 aliphatic carbocycles. The molecular formula is C15H23BrN2. The third-order valence-electron chi connectivity index (χ3n) is 3.59. The van der Waals surface area contributed by atoms with Crippen LogP contribution in [-0.2, 0) is 6.54 Å². The average molecular weight is 311 g/mol. The van der Waals surface area contributed by atoms with Gasteiger partial charge in [0.05, 0.1) is 0 Å². The van der Waals surface area contributed by atoms with Crippen molar-refractivity contribution in [3.63, 3.8) is 0 Å². The summed E-state index contributed by atoms with van der Waals surface area (Å²) < 4.78 is 1.21. The van der Waals surface area contributed by atoms with Crippen LogP contribution in [0.15, 0.2) is 22.7 Å². The lowest BCUT2D eigenvalue weighted by atomic mass is 10.1. The maximum Gasteiger partial charge on any atom is 0.0207 e. The lowest BCUT2D eigenvalue weighted by molar-refractivity contribution is 0.331. The fraction of sp³-hybridized carbons (Fsp3) is 0.600. The molecule has 1 aliphatic heterocycles. The van der Waals surface area contributed by atoms with Gasteiger partial charge in [-0.2, -0.15) is 0 Å². The fourth-order valence-corrected chi connectivity index (χ4v) is 2.84. The summed E-state index contributed by atoms with van der Waals surface area (Å²) in [4.78, 5) is 2.57. The average Bonchev–Trinajstić information content (AvgIpc) is 2.86. The van der Waals surface area contributed by atoms with Crippen LogP contribution in [0.1, 0.15) is 30.4 Å². The normalized spacial score (nSPS) is 16.3. The smallest absolute Gasteiger partial charge is 0.0207 e. The van der Waals surface area contributed by atoms with Crippen LogP contribution in [-0.4, -0.2) is 31.1 Å². The molecule has 0 atom stereocenters. The molecule has 1 saturated heterocycles. The number of halogens is 1. The SMILES string of the molecule is Cc1ccc(CNCCCN2CCCC2)cc1Br. The van der Waals surface area contributed by atoms with Crippen LogP contribution in [0.4, 0.5) is 0 Å². The fourth-order valence-electron chi connectivity index (χ4n) is 2.41. The van der Waals surface area contributed by atoms with Gasteiger partial charge in [-0.25, -0.2) is 0 Å². The van der Waals surface area contributed by atoms with Crippen molar-refractivity contribution >= 4 is 15.9 Å². The number of hydrogen-bond acceptors (Lipinski definition) is 2. The van der Waals surface area contributed by atoms with Gasteiger partial charge >= 0.3 is 0 Å². The van der Waals surface area contributed by atoms with Crippen molar-refractivity contribution in [1.82, 2.24) is 10.2 Å².